The van der Waals surface area contributed by atoms with Crippen molar-refractivity contribution in [3.63, 3.8) is 0 Å². The van der Waals surface area contributed by atoms with Gasteiger partial charge >= 0.3 is 6.09 Å². The van der Waals surface area contributed by atoms with Gasteiger partial charge in [0.25, 0.3) is 11.5 Å². The fourth-order valence-electron chi connectivity index (χ4n) is 5.46. The maximum Gasteiger partial charge on any atom is 0.421 e. The SMILES string of the molecule is COC(=O)N(C(=O)[C@@H](N)C(c1ccccc1)c1ccccc1)c1c(SC[C@@H](CO)N(CCC(C)C)S(=O)(=O)c2ccc(N)cc2)cc[nH]c1=O. The van der Waals surface area contributed by atoms with E-state index in [2.05, 4.69) is 4.98 Å². The smallest absolute Gasteiger partial charge is 0.421 e. The Morgan fingerprint density at radius 2 is 1.52 bits per heavy atom. The number of aliphatic hydroxyl groups excluding tert-OH is 1. The monoisotopic (exact) mass is 721 g/mol. The van der Waals surface area contributed by atoms with Crippen LogP contribution < -0.4 is 21.9 Å². The Balaban J connectivity index is 1.72. The summed E-state index contributed by atoms with van der Waals surface area (Å²) >= 11 is 1.01. The van der Waals surface area contributed by atoms with Gasteiger partial charge in [0, 0.05) is 35.0 Å². The first kappa shape index (κ1) is 38.3. The van der Waals surface area contributed by atoms with E-state index in [4.69, 9.17) is 16.2 Å². The third kappa shape index (κ3) is 9.00. The number of hydrogen-bond donors (Lipinski definition) is 4. The number of carbonyl (C=O) groups is 2. The molecule has 2 amide bonds. The molecule has 2 atom stereocenters. The summed E-state index contributed by atoms with van der Waals surface area (Å²) in [5, 5.41) is 10.5. The van der Waals surface area contributed by atoms with Crippen LogP contribution in [0, 0.1) is 5.92 Å². The number of nitrogens with one attached hydrogen (secondary N) is 1. The highest BCUT2D eigenvalue weighted by Gasteiger charge is 2.38. The largest absolute Gasteiger partial charge is 0.452 e. The zero-order valence-electron chi connectivity index (χ0n) is 28.1. The molecule has 12 nitrogen and oxygen atoms in total. The third-order valence-electron chi connectivity index (χ3n) is 8.12. The minimum absolute atomic E-state index is 0.0126. The van der Waals surface area contributed by atoms with Crippen LogP contribution in [0.15, 0.2) is 112 Å². The Morgan fingerprint density at radius 1 is 0.940 bits per heavy atom. The number of sulfonamides is 1. The quantitative estimate of drug-likeness (QED) is 0.101. The number of ether oxygens (including phenoxy) is 1. The Labute approximate surface area is 296 Å². The van der Waals surface area contributed by atoms with Crippen molar-refractivity contribution in [2.45, 2.75) is 48.1 Å². The summed E-state index contributed by atoms with van der Waals surface area (Å²) < 4.78 is 34.0. The predicted molar refractivity (Wildman–Crippen MR) is 195 cm³/mol. The molecule has 0 saturated heterocycles. The first-order chi connectivity index (χ1) is 23.9. The fraction of sp³-hybridized carbons (Fsp3) is 0.306. The molecule has 14 heteroatoms. The van der Waals surface area contributed by atoms with Crippen molar-refractivity contribution in [2.24, 2.45) is 11.7 Å². The van der Waals surface area contributed by atoms with Crippen LogP contribution in [-0.4, -0.2) is 72.9 Å². The van der Waals surface area contributed by atoms with Crippen LogP contribution in [0.5, 0.6) is 0 Å². The zero-order valence-corrected chi connectivity index (χ0v) is 29.8. The molecule has 0 spiro atoms. The summed E-state index contributed by atoms with van der Waals surface area (Å²) in [6.07, 6.45) is 0.727. The normalized spacial score (nSPS) is 13.0. The van der Waals surface area contributed by atoms with Gasteiger partial charge in [0.05, 0.1) is 30.7 Å². The summed E-state index contributed by atoms with van der Waals surface area (Å²) in [5.41, 5.74) is 13.2. The minimum atomic E-state index is -4.09. The van der Waals surface area contributed by atoms with Crippen LogP contribution in [0.4, 0.5) is 16.2 Å². The lowest BCUT2D eigenvalue weighted by atomic mass is 9.85. The molecule has 0 aliphatic rings. The molecule has 3 aromatic carbocycles. The number of amides is 2. The van der Waals surface area contributed by atoms with E-state index in [1.165, 1.54) is 40.8 Å². The number of pyridine rings is 1. The standard InChI is InChI=1S/C36H43N5O7S2/c1-24(2)19-21-40(50(46,47)29-16-14-27(37)15-17-29)28(22-42)23-49-30-18-20-39-34(43)33(30)41(36(45)48-3)35(44)32(38)31(25-10-6-4-7-11-25)26-12-8-5-9-13-26/h4-18,20,24,28,31-32,42H,19,21-23,37-38H2,1-3H3,(H,39,43)/t28-,32+/m1/s1. The van der Waals surface area contributed by atoms with Crippen molar-refractivity contribution in [3.05, 3.63) is 119 Å². The number of nitrogens with zero attached hydrogens (tertiary/aromatic N) is 2. The molecule has 6 N–H and O–H groups in total. The molecule has 50 heavy (non-hydrogen) atoms. The molecule has 0 radical (unpaired) electrons. The van der Waals surface area contributed by atoms with Crippen molar-refractivity contribution in [3.8, 4) is 0 Å². The molecule has 1 aromatic heterocycles. The van der Waals surface area contributed by atoms with Crippen molar-refractivity contribution in [2.75, 3.05) is 36.6 Å². The second-order valence-electron chi connectivity index (χ2n) is 12.0. The molecular weight excluding hydrogens is 679 g/mol. The van der Waals surface area contributed by atoms with E-state index in [0.29, 0.717) is 17.0 Å². The second-order valence-corrected chi connectivity index (χ2v) is 15.0. The molecule has 4 rings (SSSR count). The number of nitrogens with two attached hydrogens (primary N) is 2. The van der Waals surface area contributed by atoms with E-state index in [1.807, 2.05) is 74.5 Å². The van der Waals surface area contributed by atoms with Crippen molar-refractivity contribution in [1.29, 1.82) is 0 Å². The van der Waals surface area contributed by atoms with E-state index in [1.54, 1.807) is 0 Å². The van der Waals surface area contributed by atoms with Gasteiger partial charge in [0.2, 0.25) is 10.0 Å². The van der Waals surface area contributed by atoms with Crippen LogP contribution in [0.25, 0.3) is 0 Å². The van der Waals surface area contributed by atoms with Gasteiger partial charge < -0.3 is 26.3 Å². The highest BCUT2D eigenvalue weighted by Crippen LogP contribution is 2.33. The maximum atomic E-state index is 14.3. The molecule has 0 fully saturated rings. The number of aliphatic hydroxyl groups is 1. The summed E-state index contributed by atoms with van der Waals surface area (Å²) in [4.78, 5) is 44.4. The van der Waals surface area contributed by atoms with Crippen LogP contribution >= 0.6 is 11.8 Å². The van der Waals surface area contributed by atoms with E-state index in [0.717, 1.165) is 30.0 Å². The Kier molecular flexibility index (Phi) is 13.4. The molecule has 0 saturated carbocycles. The van der Waals surface area contributed by atoms with Crippen LogP contribution in [0.2, 0.25) is 0 Å². The van der Waals surface area contributed by atoms with Gasteiger partial charge in [0.1, 0.15) is 5.69 Å². The number of carbonyl (C=O) groups excluding carboxylic acids is 2. The number of benzene rings is 3. The zero-order chi connectivity index (χ0) is 36.4. The number of nitrogen functional groups attached to an aromatic ring is 1. The highest BCUT2D eigenvalue weighted by molar-refractivity contribution is 7.99. The summed E-state index contributed by atoms with van der Waals surface area (Å²) in [5.74, 6) is -1.46. The summed E-state index contributed by atoms with van der Waals surface area (Å²) in [7, 11) is -3.00. The number of thioether (sulfide) groups is 1. The molecule has 266 valence electrons. The van der Waals surface area contributed by atoms with Gasteiger partial charge in [-0.2, -0.15) is 4.31 Å². The average molecular weight is 722 g/mol. The van der Waals surface area contributed by atoms with Crippen LogP contribution in [0.1, 0.15) is 37.3 Å². The van der Waals surface area contributed by atoms with Gasteiger partial charge in [-0.25, -0.2) is 18.1 Å². The fourth-order valence-corrected chi connectivity index (χ4v) is 8.32. The molecule has 1 heterocycles. The predicted octanol–water partition coefficient (Wildman–Crippen LogP) is 4.41. The van der Waals surface area contributed by atoms with Crippen molar-refractivity contribution in [1.82, 2.24) is 9.29 Å². The molecule has 0 aliphatic carbocycles. The Morgan fingerprint density at radius 3 is 2.04 bits per heavy atom. The number of anilines is 2. The molecule has 4 aromatic rings. The van der Waals surface area contributed by atoms with Crippen LogP contribution in [-0.2, 0) is 19.6 Å². The lowest BCUT2D eigenvalue weighted by Crippen LogP contribution is -2.51. The number of hydrogen-bond acceptors (Lipinski definition) is 10. The first-order valence-corrected chi connectivity index (χ1v) is 18.4. The summed E-state index contributed by atoms with van der Waals surface area (Å²) in [6.45, 7) is 3.49. The van der Waals surface area contributed by atoms with E-state index in [9.17, 15) is 27.9 Å². The average Bonchev–Trinajstić information content (AvgIpc) is 3.11. The molecular formula is C36H43N5O7S2. The number of rotatable bonds is 15. The number of methoxy groups -OCH3 is 1. The lowest BCUT2D eigenvalue weighted by molar-refractivity contribution is -0.119. The Hall–Kier alpha value is -4.47. The molecule has 0 bridgehead atoms. The van der Waals surface area contributed by atoms with E-state index in [-0.39, 0.29) is 33.7 Å². The van der Waals surface area contributed by atoms with E-state index < -0.39 is 52.2 Å². The number of aromatic amines is 1. The molecule has 0 aliphatic heterocycles. The summed E-state index contributed by atoms with van der Waals surface area (Å²) in [6, 6.07) is 23.2. The van der Waals surface area contributed by atoms with Gasteiger partial charge in [-0.3, -0.25) is 9.59 Å². The number of H-pyrrole nitrogens is 1. The van der Waals surface area contributed by atoms with Gasteiger partial charge in [-0.15, -0.1) is 11.8 Å². The lowest BCUT2D eigenvalue weighted by Gasteiger charge is -2.31. The van der Waals surface area contributed by atoms with Gasteiger partial charge in [-0.1, -0.05) is 74.5 Å². The topological polar surface area (TPSA) is 189 Å². The second kappa shape index (κ2) is 17.5. The molecule has 0 unspecified atom stereocenters. The van der Waals surface area contributed by atoms with E-state index >= 15 is 0 Å². The van der Waals surface area contributed by atoms with Gasteiger partial charge in [0.15, 0.2) is 0 Å². The van der Waals surface area contributed by atoms with Crippen molar-refractivity contribution < 1.29 is 27.9 Å². The third-order valence-corrected chi connectivity index (χ3v) is 11.3. The first-order valence-electron chi connectivity index (χ1n) is 16.0. The van der Waals surface area contributed by atoms with Crippen LogP contribution in [0.3, 0.4) is 0 Å². The highest BCUT2D eigenvalue weighted by atomic mass is 32.2. The van der Waals surface area contributed by atoms with Crippen molar-refractivity contribution >= 4 is 45.2 Å². The Bertz CT molecular complexity index is 1850. The van der Waals surface area contributed by atoms with Gasteiger partial charge in [-0.05, 0) is 53.8 Å². The minimum Gasteiger partial charge on any atom is -0.452 e. The number of imide groups is 1. The number of aromatic nitrogens is 1. The maximum absolute atomic E-state index is 14.3.